The van der Waals surface area contributed by atoms with Gasteiger partial charge in [0, 0.05) is 29.8 Å². The van der Waals surface area contributed by atoms with E-state index in [2.05, 4.69) is 53.6 Å². The Balaban J connectivity index is 2.06. The molecule has 0 bridgehead atoms. The first-order valence-electron chi connectivity index (χ1n) is 6.71. The summed E-state index contributed by atoms with van der Waals surface area (Å²) in [6.45, 7) is 6.91. The molecule has 108 valence electrons. The highest BCUT2D eigenvalue weighted by atomic mass is 32.1. The van der Waals surface area contributed by atoms with Crippen LogP contribution in [0, 0.1) is 0 Å². The number of hydrogen-bond donors (Lipinski definition) is 1. The van der Waals surface area contributed by atoms with Crippen LogP contribution in [0.4, 0.5) is 5.82 Å². The molecule has 1 N–H and O–H groups in total. The summed E-state index contributed by atoms with van der Waals surface area (Å²) >= 11 is 1.75. The van der Waals surface area contributed by atoms with Crippen LogP contribution < -0.4 is 10.1 Å². The lowest BCUT2D eigenvalue weighted by Gasteiger charge is -2.18. The molecule has 0 radical (unpaired) electrons. The van der Waals surface area contributed by atoms with Gasteiger partial charge in [-0.15, -0.1) is 11.3 Å². The van der Waals surface area contributed by atoms with Crippen LogP contribution in [0.15, 0.2) is 23.6 Å². The van der Waals surface area contributed by atoms with Gasteiger partial charge in [-0.05, 0) is 11.4 Å². The predicted octanol–water partition coefficient (Wildman–Crippen LogP) is 3.50. The van der Waals surface area contributed by atoms with Gasteiger partial charge in [0.1, 0.15) is 11.6 Å². The Labute approximate surface area is 124 Å². The first kappa shape index (κ1) is 14.8. The van der Waals surface area contributed by atoms with Crippen LogP contribution in [0.2, 0.25) is 0 Å². The molecule has 20 heavy (non-hydrogen) atoms. The first-order chi connectivity index (χ1) is 9.49. The summed E-state index contributed by atoms with van der Waals surface area (Å²) < 4.78 is 5.77. The molecular weight excluding hydrogens is 270 g/mol. The lowest BCUT2D eigenvalue weighted by Crippen LogP contribution is -2.17. The van der Waals surface area contributed by atoms with E-state index < -0.39 is 0 Å². The Kier molecular flexibility index (Phi) is 4.60. The van der Waals surface area contributed by atoms with E-state index in [0.717, 1.165) is 18.1 Å². The summed E-state index contributed by atoms with van der Waals surface area (Å²) in [6, 6.07) is 6.01. The van der Waals surface area contributed by atoms with Gasteiger partial charge in [0.2, 0.25) is 5.88 Å². The van der Waals surface area contributed by atoms with Crippen LogP contribution in [0.1, 0.15) is 31.5 Å². The van der Waals surface area contributed by atoms with Gasteiger partial charge in [0.05, 0.1) is 6.61 Å². The number of nitrogens with zero attached hydrogens (tertiary/aromatic N) is 2. The summed E-state index contributed by atoms with van der Waals surface area (Å²) in [4.78, 5) is 10.3. The molecule has 4 nitrogen and oxygen atoms in total. The topological polar surface area (TPSA) is 47.0 Å². The van der Waals surface area contributed by atoms with Crippen molar-refractivity contribution in [2.45, 2.75) is 32.6 Å². The van der Waals surface area contributed by atoms with Gasteiger partial charge in [-0.1, -0.05) is 26.8 Å². The molecular formula is C15H21N3OS. The van der Waals surface area contributed by atoms with Gasteiger partial charge in [-0.25, -0.2) is 4.98 Å². The SMILES string of the molecule is CNc1cc(OCCc2cccs2)nc(C(C)(C)C)n1. The van der Waals surface area contributed by atoms with Gasteiger partial charge in [0.15, 0.2) is 0 Å². The van der Waals surface area contributed by atoms with Crippen molar-refractivity contribution >= 4 is 17.2 Å². The van der Waals surface area contributed by atoms with Crippen molar-refractivity contribution in [1.29, 1.82) is 0 Å². The third kappa shape index (κ3) is 3.93. The molecule has 5 heteroatoms. The predicted molar refractivity (Wildman–Crippen MR) is 83.8 cm³/mol. The van der Waals surface area contributed by atoms with E-state index in [4.69, 9.17) is 4.74 Å². The number of hydrogen-bond acceptors (Lipinski definition) is 5. The molecule has 0 amide bonds. The Morgan fingerprint density at radius 1 is 1.30 bits per heavy atom. The van der Waals surface area contributed by atoms with Crippen LogP contribution in [-0.2, 0) is 11.8 Å². The molecule has 0 aliphatic heterocycles. The van der Waals surface area contributed by atoms with Crippen LogP contribution in [0.25, 0.3) is 0 Å². The second-order valence-corrected chi connectivity index (χ2v) is 6.63. The van der Waals surface area contributed by atoms with Crippen molar-refractivity contribution in [3.8, 4) is 5.88 Å². The Bertz CT molecular complexity index is 547. The Morgan fingerprint density at radius 3 is 2.70 bits per heavy atom. The zero-order valence-electron chi connectivity index (χ0n) is 12.4. The molecule has 0 aliphatic carbocycles. The van der Waals surface area contributed by atoms with Crippen molar-refractivity contribution in [2.24, 2.45) is 0 Å². The van der Waals surface area contributed by atoms with Gasteiger partial charge in [-0.2, -0.15) is 4.98 Å². The lowest BCUT2D eigenvalue weighted by molar-refractivity contribution is 0.306. The van der Waals surface area contributed by atoms with Crippen molar-refractivity contribution in [1.82, 2.24) is 9.97 Å². The van der Waals surface area contributed by atoms with E-state index in [1.54, 1.807) is 11.3 Å². The molecule has 0 unspecified atom stereocenters. The highest BCUT2D eigenvalue weighted by Gasteiger charge is 2.19. The van der Waals surface area contributed by atoms with Crippen LogP contribution in [0.3, 0.4) is 0 Å². The monoisotopic (exact) mass is 291 g/mol. The molecule has 2 aromatic heterocycles. The number of thiophene rings is 1. The average molecular weight is 291 g/mol. The second-order valence-electron chi connectivity index (χ2n) is 5.59. The van der Waals surface area contributed by atoms with E-state index in [-0.39, 0.29) is 5.41 Å². The maximum absolute atomic E-state index is 5.77. The molecule has 0 atom stereocenters. The zero-order chi connectivity index (χ0) is 14.6. The molecule has 0 aromatic carbocycles. The normalized spacial score (nSPS) is 11.4. The molecule has 2 aromatic rings. The zero-order valence-corrected chi connectivity index (χ0v) is 13.3. The fourth-order valence-corrected chi connectivity index (χ4v) is 2.36. The maximum Gasteiger partial charge on any atom is 0.218 e. The molecule has 2 heterocycles. The lowest BCUT2D eigenvalue weighted by atomic mass is 9.96. The van der Waals surface area contributed by atoms with Crippen LogP contribution in [-0.4, -0.2) is 23.6 Å². The molecule has 2 rings (SSSR count). The highest BCUT2D eigenvalue weighted by molar-refractivity contribution is 7.09. The molecule has 0 fully saturated rings. The van der Waals surface area contributed by atoms with Crippen LogP contribution >= 0.6 is 11.3 Å². The minimum absolute atomic E-state index is 0.0985. The summed E-state index contributed by atoms with van der Waals surface area (Å²) in [6.07, 6.45) is 0.904. The van der Waals surface area contributed by atoms with Crippen molar-refractivity contribution in [3.05, 3.63) is 34.3 Å². The van der Waals surface area contributed by atoms with Crippen molar-refractivity contribution in [3.63, 3.8) is 0 Å². The van der Waals surface area contributed by atoms with Crippen LogP contribution in [0.5, 0.6) is 5.88 Å². The van der Waals surface area contributed by atoms with Crippen molar-refractivity contribution in [2.75, 3.05) is 19.0 Å². The molecule has 0 aliphatic rings. The minimum atomic E-state index is -0.0985. The quantitative estimate of drug-likeness (QED) is 0.916. The summed E-state index contributed by atoms with van der Waals surface area (Å²) in [5.74, 6) is 2.21. The third-order valence-electron chi connectivity index (χ3n) is 2.81. The van der Waals surface area contributed by atoms with Gasteiger partial charge < -0.3 is 10.1 Å². The largest absolute Gasteiger partial charge is 0.477 e. The average Bonchev–Trinajstić information content (AvgIpc) is 2.90. The minimum Gasteiger partial charge on any atom is -0.477 e. The van der Waals surface area contributed by atoms with E-state index in [9.17, 15) is 0 Å². The third-order valence-corrected chi connectivity index (χ3v) is 3.74. The van der Waals surface area contributed by atoms with Gasteiger partial charge in [0.25, 0.3) is 0 Å². The fourth-order valence-electron chi connectivity index (χ4n) is 1.67. The number of nitrogens with one attached hydrogen (secondary N) is 1. The Hall–Kier alpha value is -1.62. The smallest absolute Gasteiger partial charge is 0.218 e. The molecule has 0 spiro atoms. The fraction of sp³-hybridized carbons (Fsp3) is 0.467. The molecule has 0 saturated carbocycles. The summed E-state index contributed by atoms with van der Waals surface area (Å²) in [7, 11) is 1.85. The van der Waals surface area contributed by atoms with Gasteiger partial charge in [-0.3, -0.25) is 0 Å². The summed E-state index contributed by atoms with van der Waals surface area (Å²) in [5.41, 5.74) is -0.0985. The molecule has 0 saturated heterocycles. The van der Waals surface area contributed by atoms with E-state index >= 15 is 0 Å². The first-order valence-corrected chi connectivity index (χ1v) is 7.59. The second kappa shape index (κ2) is 6.22. The Morgan fingerprint density at radius 2 is 2.10 bits per heavy atom. The number of rotatable bonds is 5. The standard InChI is InChI=1S/C15H21N3OS/c1-15(2,3)14-17-12(16-4)10-13(18-14)19-8-7-11-6-5-9-20-11/h5-6,9-10H,7-8H2,1-4H3,(H,16,17,18). The number of anilines is 1. The highest BCUT2D eigenvalue weighted by Crippen LogP contribution is 2.23. The number of aromatic nitrogens is 2. The van der Waals surface area contributed by atoms with E-state index in [0.29, 0.717) is 12.5 Å². The summed E-state index contributed by atoms with van der Waals surface area (Å²) in [5, 5.41) is 5.13. The number of ether oxygens (including phenoxy) is 1. The van der Waals surface area contributed by atoms with E-state index in [1.165, 1.54) is 4.88 Å². The van der Waals surface area contributed by atoms with E-state index in [1.807, 2.05) is 13.1 Å². The van der Waals surface area contributed by atoms with Gasteiger partial charge >= 0.3 is 0 Å². The maximum atomic E-state index is 5.77. The van der Waals surface area contributed by atoms with Crippen molar-refractivity contribution < 1.29 is 4.74 Å².